The van der Waals surface area contributed by atoms with Crippen molar-refractivity contribution in [3.05, 3.63) is 24.1 Å². The quantitative estimate of drug-likeness (QED) is 0.360. The van der Waals surface area contributed by atoms with E-state index in [0.717, 1.165) is 5.75 Å². The fourth-order valence-corrected chi connectivity index (χ4v) is 0.735. The van der Waals surface area contributed by atoms with Crippen molar-refractivity contribution in [2.24, 2.45) is 0 Å². The Labute approximate surface area is 71.3 Å². The zero-order chi connectivity index (χ0) is 8.69. The molecule has 0 amide bonds. The van der Waals surface area contributed by atoms with Crippen molar-refractivity contribution >= 4 is 17.7 Å². The molecule has 0 saturated carbocycles. The summed E-state index contributed by atoms with van der Waals surface area (Å²) < 4.78 is 4.80. The van der Waals surface area contributed by atoms with E-state index in [1.54, 1.807) is 12.3 Å². The summed E-state index contributed by atoms with van der Waals surface area (Å²) in [5, 5.41) is 1.72. The first-order valence-corrected chi connectivity index (χ1v) is 4.28. The number of thioether (sulfide) groups is 1. The first-order chi connectivity index (χ1) is 5.18. The van der Waals surface area contributed by atoms with E-state index in [1.807, 2.05) is 0 Å². The normalized spacial score (nSPS) is 8.82. The van der Waals surface area contributed by atoms with Crippen LogP contribution in [0.15, 0.2) is 24.1 Å². The van der Waals surface area contributed by atoms with Crippen LogP contribution in [0.25, 0.3) is 0 Å². The maximum Gasteiger partial charge on any atom is 0.333 e. The van der Waals surface area contributed by atoms with Gasteiger partial charge in [0.15, 0.2) is 0 Å². The van der Waals surface area contributed by atoms with E-state index in [-0.39, 0.29) is 5.97 Å². The van der Waals surface area contributed by atoms with Crippen LogP contribution < -0.4 is 0 Å². The second-order valence-electron chi connectivity index (χ2n) is 1.95. The van der Waals surface area contributed by atoms with Crippen LogP contribution in [-0.4, -0.2) is 18.3 Å². The molecule has 0 N–H and O–H groups in total. The van der Waals surface area contributed by atoms with Crippen molar-refractivity contribution in [2.45, 2.75) is 6.92 Å². The Morgan fingerprint density at radius 2 is 2.36 bits per heavy atom. The number of carbonyl (C=O) groups excluding carboxylic acids is 1. The molecule has 0 aromatic heterocycles. The van der Waals surface area contributed by atoms with Gasteiger partial charge in [-0.05, 0) is 12.3 Å². The molecule has 11 heavy (non-hydrogen) atoms. The van der Waals surface area contributed by atoms with Gasteiger partial charge in [-0.15, -0.1) is 11.8 Å². The molecule has 0 aromatic rings. The van der Waals surface area contributed by atoms with Crippen molar-refractivity contribution in [3.8, 4) is 0 Å². The van der Waals surface area contributed by atoms with E-state index < -0.39 is 0 Å². The highest BCUT2D eigenvalue weighted by Gasteiger charge is 2.00. The van der Waals surface area contributed by atoms with Crippen LogP contribution in [0.5, 0.6) is 0 Å². The topological polar surface area (TPSA) is 26.3 Å². The van der Waals surface area contributed by atoms with Crippen molar-refractivity contribution in [1.82, 2.24) is 0 Å². The standard InChI is InChI=1S/C8H12O2S/c1-4-11-6-5-10-8(9)7(2)3/h4H,1-2,5-6H2,3H3. The van der Waals surface area contributed by atoms with Crippen LogP contribution in [0.4, 0.5) is 0 Å². The Balaban J connectivity index is 3.31. The van der Waals surface area contributed by atoms with Gasteiger partial charge in [0, 0.05) is 11.3 Å². The molecule has 0 saturated heterocycles. The van der Waals surface area contributed by atoms with E-state index in [4.69, 9.17) is 4.74 Å². The minimum atomic E-state index is -0.324. The highest BCUT2D eigenvalue weighted by molar-refractivity contribution is 8.02. The van der Waals surface area contributed by atoms with Gasteiger partial charge in [0.2, 0.25) is 0 Å². The molecule has 0 radical (unpaired) electrons. The Morgan fingerprint density at radius 3 is 2.82 bits per heavy atom. The van der Waals surface area contributed by atoms with Gasteiger partial charge < -0.3 is 4.74 Å². The fraction of sp³-hybridized carbons (Fsp3) is 0.375. The van der Waals surface area contributed by atoms with E-state index in [1.165, 1.54) is 11.8 Å². The summed E-state index contributed by atoms with van der Waals surface area (Å²) in [6, 6.07) is 0. The lowest BCUT2D eigenvalue weighted by atomic mass is 10.4. The maximum absolute atomic E-state index is 10.7. The predicted octanol–water partition coefficient (Wildman–Crippen LogP) is 1.98. The Morgan fingerprint density at radius 1 is 1.73 bits per heavy atom. The third-order valence-electron chi connectivity index (χ3n) is 0.901. The summed E-state index contributed by atoms with van der Waals surface area (Å²) in [6.07, 6.45) is 0. The Bertz CT molecular complexity index is 163. The highest BCUT2D eigenvalue weighted by atomic mass is 32.2. The van der Waals surface area contributed by atoms with E-state index in [9.17, 15) is 4.79 Å². The van der Waals surface area contributed by atoms with E-state index in [2.05, 4.69) is 13.2 Å². The molecule has 0 aliphatic carbocycles. The second-order valence-corrected chi connectivity index (χ2v) is 3.03. The first kappa shape index (κ1) is 10.3. The van der Waals surface area contributed by atoms with Crippen LogP contribution >= 0.6 is 11.8 Å². The number of hydrogen-bond donors (Lipinski definition) is 0. The van der Waals surface area contributed by atoms with Gasteiger partial charge in [-0.1, -0.05) is 13.2 Å². The van der Waals surface area contributed by atoms with Gasteiger partial charge in [-0.2, -0.15) is 0 Å². The average Bonchev–Trinajstić information content (AvgIpc) is 1.97. The van der Waals surface area contributed by atoms with Crippen LogP contribution in [-0.2, 0) is 9.53 Å². The maximum atomic E-state index is 10.7. The number of ether oxygens (including phenoxy) is 1. The second kappa shape index (κ2) is 6.04. The fourth-order valence-electron chi connectivity index (χ4n) is 0.389. The number of esters is 1. The van der Waals surface area contributed by atoms with E-state index >= 15 is 0 Å². The molecule has 0 aromatic carbocycles. The molecule has 0 heterocycles. The third-order valence-corrected chi connectivity index (χ3v) is 1.54. The SMILES string of the molecule is C=CSCCOC(=O)C(=C)C. The monoisotopic (exact) mass is 172 g/mol. The summed E-state index contributed by atoms with van der Waals surface area (Å²) in [5.41, 5.74) is 0.439. The molecule has 0 bridgehead atoms. The zero-order valence-corrected chi connectivity index (χ0v) is 7.45. The lowest BCUT2D eigenvalue weighted by molar-refractivity contribution is -0.138. The number of rotatable bonds is 5. The Hall–Kier alpha value is -0.700. The van der Waals surface area contributed by atoms with Gasteiger partial charge in [0.1, 0.15) is 6.61 Å². The predicted molar refractivity (Wildman–Crippen MR) is 48.4 cm³/mol. The smallest absolute Gasteiger partial charge is 0.333 e. The van der Waals surface area contributed by atoms with Gasteiger partial charge in [-0.25, -0.2) is 4.79 Å². The largest absolute Gasteiger partial charge is 0.461 e. The molecule has 0 rings (SSSR count). The minimum absolute atomic E-state index is 0.324. The lowest BCUT2D eigenvalue weighted by Crippen LogP contribution is -2.07. The van der Waals surface area contributed by atoms with Gasteiger partial charge in [-0.3, -0.25) is 0 Å². The zero-order valence-electron chi connectivity index (χ0n) is 6.63. The molecule has 3 heteroatoms. The van der Waals surface area contributed by atoms with Crippen LogP contribution in [0.1, 0.15) is 6.92 Å². The minimum Gasteiger partial charge on any atom is -0.461 e. The third kappa shape index (κ3) is 5.73. The van der Waals surface area contributed by atoms with Crippen molar-refractivity contribution in [1.29, 1.82) is 0 Å². The lowest BCUT2D eigenvalue weighted by Gasteiger charge is -2.01. The first-order valence-electron chi connectivity index (χ1n) is 3.23. The molecule has 0 unspecified atom stereocenters. The highest BCUT2D eigenvalue weighted by Crippen LogP contribution is 2.00. The van der Waals surface area contributed by atoms with Crippen molar-refractivity contribution in [3.63, 3.8) is 0 Å². The van der Waals surface area contributed by atoms with Gasteiger partial charge in [0.05, 0.1) is 0 Å². The summed E-state index contributed by atoms with van der Waals surface area (Å²) >= 11 is 1.52. The molecule has 62 valence electrons. The Kier molecular flexibility index (Phi) is 5.65. The molecule has 2 nitrogen and oxygen atoms in total. The molecule has 0 aliphatic rings. The van der Waals surface area contributed by atoms with Crippen LogP contribution in [0.3, 0.4) is 0 Å². The average molecular weight is 172 g/mol. The molecule has 0 aliphatic heterocycles. The summed E-state index contributed by atoms with van der Waals surface area (Å²) in [4.78, 5) is 10.7. The number of hydrogen-bond acceptors (Lipinski definition) is 3. The molecule has 0 spiro atoms. The van der Waals surface area contributed by atoms with Crippen molar-refractivity contribution < 1.29 is 9.53 Å². The van der Waals surface area contributed by atoms with Gasteiger partial charge in [0.25, 0.3) is 0 Å². The molecular formula is C8H12O2S. The number of carbonyl (C=O) groups is 1. The molecule has 0 fully saturated rings. The van der Waals surface area contributed by atoms with Crippen LogP contribution in [0, 0.1) is 0 Å². The van der Waals surface area contributed by atoms with E-state index in [0.29, 0.717) is 12.2 Å². The van der Waals surface area contributed by atoms with Crippen LogP contribution in [0.2, 0.25) is 0 Å². The summed E-state index contributed by atoms with van der Waals surface area (Å²) in [5.74, 6) is 0.428. The summed E-state index contributed by atoms with van der Waals surface area (Å²) in [6.45, 7) is 9.02. The van der Waals surface area contributed by atoms with Gasteiger partial charge >= 0.3 is 5.97 Å². The molecule has 0 atom stereocenters. The van der Waals surface area contributed by atoms with Crippen molar-refractivity contribution in [2.75, 3.05) is 12.4 Å². The molecular weight excluding hydrogens is 160 g/mol. The summed E-state index contributed by atoms with van der Waals surface area (Å²) in [7, 11) is 0.